The predicted molar refractivity (Wildman–Crippen MR) is 83.5 cm³/mol. The fourth-order valence-corrected chi connectivity index (χ4v) is 2.71. The summed E-state index contributed by atoms with van der Waals surface area (Å²) in [6, 6.07) is 1.40. The summed E-state index contributed by atoms with van der Waals surface area (Å²) < 4.78 is 27.2. The molecule has 1 amide bonds. The lowest BCUT2D eigenvalue weighted by Gasteiger charge is -2.08. The Morgan fingerprint density at radius 1 is 1.33 bits per heavy atom. The molecule has 5 N–H and O–H groups in total. The van der Waals surface area contributed by atoms with Crippen LogP contribution in [0.2, 0.25) is 0 Å². The maximum Gasteiger partial charge on any atom is 0.234 e. The highest BCUT2D eigenvalue weighted by atomic mass is 32.2. The predicted octanol–water partition coefficient (Wildman–Crippen LogP) is 1.65. The van der Waals surface area contributed by atoms with E-state index in [-0.39, 0.29) is 11.7 Å². The lowest BCUT2D eigenvalue weighted by atomic mass is 10.2. The Balaban J connectivity index is 1.73. The highest BCUT2D eigenvalue weighted by Gasteiger charge is 2.16. The molecule has 24 heavy (non-hydrogen) atoms. The van der Waals surface area contributed by atoms with E-state index in [1.54, 1.807) is 0 Å². The maximum atomic E-state index is 13.6. The first kappa shape index (κ1) is 15.9. The average Bonchev–Trinajstić information content (AvgIpc) is 2.96. The number of carbonyl (C=O) groups excluding carboxylic acids is 1. The van der Waals surface area contributed by atoms with Crippen LogP contribution in [0.3, 0.4) is 0 Å². The minimum absolute atomic E-state index is 0.00636. The van der Waals surface area contributed by atoms with Crippen molar-refractivity contribution in [2.45, 2.75) is 5.03 Å². The highest BCUT2D eigenvalue weighted by molar-refractivity contribution is 8.00. The molecular weight excluding hydrogens is 342 g/mol. The minimum atomic E-state index is -1.08. The quantitative estimate of drug-likeness (QED) is 0.319. The number of nitrogens with two attached hydrogens (primary N) is 1. The van der Waals surface area contributed by atoms with Gasteiger partial charge < -0.3 is 21.1 Å². The molecule has 0 radical (unpaired) electrons. The van der Waals surface area contributed by atoms with Gasteiger partial charge in [0, 0.05) is 12.1 Å². The van der Waals surface area contributed by atoms with E-state index >= 15 is 0 Å². The van der Waals surface area contributed by atoms with Gasteiger partial charge >= 0.3 is 0 Å². The second kappa shape index (κ2) is 6.28. The van der Waals surface area contributed by atoms with Crippen molar-refractivity contribution in [3.8, 4) is 5.75 Å². The van der Waals surface area contributed by atoms with E-state index in [1.807, 2.05) is 0 Å². The molecule has 3 rings (SSSR count). The SMILES string of the molecule is Nc1nc(SCC(=O)Nc2c(F)cc(O)cc2F)c2[nH]cnc2n1. The third-order valence-electron chi connectivity index (χ3n) is 2.90. The maximum absolute atomic E-state index is 13.6. The van der Waals surface area contributed by atoms with E-state index in [1.165, 1.54) is 6.33 Å². The molecule has 0 atom stereocenters. The molecule has 2 heterocycles. The molecule has 0 aliphatic rings. The van der Waals surface area contributed by atoms with Gasteiger partial charge in [-0.2, -0.15) is 4.98 Å². The number of phenolic OH excluding ortho intramolecular Hbond substituents is 1. The molecule has 0 aliphatic carbocycles. The molecule has 0 unspecified atom stereocenters. The number of hydrogen-bond acceptors (Lipinski definition) is 7. The zero-order chi connectivity index (χ0) is 17.3. The van der Waals surface area contributed by atoms with Gasteiger partial charge in [-0.15, -0.1) is 0 Å². The monoisotopic (exact) mass is 352 g/mol. The van der Waals surface area contributed by atoms with Gasteiger partial charge in [-0.25, -0.2) is 18.7 Å². The van der Waals surface area contributed by atoms with E-state index in [2.05, 4.69) is 25.3 Å². The van der Waals surface area contributed by atoms with Crippen LogP contribution in [0.4, 0.5) is 20.4 Å². The summed E-state index contributed by atoms with van der Waals surface area (Å²) in [6.07, 6.45) is 1.41. The normalized spacial score (nSPS) is 10.9. The standard InChI is InChI=1S/C13H10F2N6O2S/c14-6-1-5(22)2-7(15)9(6)19-8(23)3-24-12-10-11(18-4-17-10)20-13(16)21-12/h1-2,4,22H,3H2,(H,19,23)(H3,16,17,18,20,21). The Hall–Kier alpha value is -2.95. The number of fused-ring (bicyclic) bond motifs is 1. The summed E-state index contributed by atoms with van der Waals surface area (Å²) in [6.45, 7) is 0. The number of amides is 1. The third kappa shape index (κ3) is 3.20. The number of aromatic hydroxyl groups is 1. The number of phenols is 1. The number of benzene rings is 1. The number of imidazole rings is 1. The van der Waals surface area contributed by atoms with Crippen molar-refractivity contribution in [1.82, 2.24) is 19.9 Å². The average molecular weight is 352 g/mol. The fourth-order valence-electron chi connectivity index (χ4n) is 1.92. The fraction of sp³-hybridized carbons (Fsp3) is 0.0769. The summed E-state index contributed by atoms with van der Waals surface area (Å²) in [5.41, 5.74) is 5.77. The molecule has 8 nitrogen and oxygen atoms in total. The molecule has 0 bridgehead atoms. The summed E-state index contributed by atoms with van der Waals surface area (Å²) >= 11 is 1.00. The zero-order valence-corrected chi connectivity index (χ0v) is 12.7. The van der Waals surface area contributed by atoms with Gasteiger partial charge in [0.25, 0.3) is 0 Å². The van der Waals surface area contributed by atoms with Crippen LogP contribution in [-0.4, -0.2) is 36.7 Å². The summed E-state index contributed by atoms with van der Waals surface area (Å²) in [5.74, 6) is -3.57. The van der Waals surface area contributed by atoms with Gasteiger partial charge in [0.1, 0.15) is 22.0 Å². The number of halogens is 2. The van der Waals surface area contributed by atoms with Crippen molar-refractivity contribution in [3.05, 3.63) is 30.1 Å². The lowest BCUT2D eigenvalue weighted by Crippen LogP contribution is -2.16. The molecule has 124 valence electrons. The molecule has 0 aliphatic heterocycles. The summed E-state index contributed by atoms with van der Waals surface area (Å²) in [7, 11) is 0. The van der Waals surface area contributed by atoms with Crippen LogP contribution < -0.4 is 11.1 Å². The van der Waals surface area contributed by atoms with Crippen molar-refractivity contribution in [3.63, 3.8) is 0 Å². The van der Waals surface area contributed by atoms with Crippen molar-refractivity contribution >= 4 is 40.5 Å². The van der Waals surface area contributed by atoms with Crippen molar-refractivity contribution < 1.29 is 18.7 Å². The van der Waals surface area contributed by atoms with Gasteiger partial charge in [0.15, 0.2) is 17.3 Å². The molecule has 0 saturated carbocycles. The third-order valence-corrected chi connectivity index (χ3v) is 3.88. The number of H-pyrrole nitrogens is 1. The zero-order valence-electron chi connectivity index (χ0n) is 11.9. The van der Waals surface area contributed by atoms with Gasteiger partial charge in [0.05, 0.1) is 12.1 Å². The van der Waals surface area contributed by atoms with Gasteiger partial charge in [0.2, 0.25) is 11.9 Å². The van der Waals surface area contributed by atoms with Crippen LogP contribution in [-0.2, 0) is 4.79 Å². The number of nitrogen functional groups attached to an aromatic ring is 1. The number of aromatic amines is 1. The number of nitrogens with zero attached hydrogens (tertiary/aromatic N) is 3. The topological polar surface area (TPSA) is 130 Å². The van der Waals surface area contributed by atoms with E-state index < -0.39 is 29.0 Å². The summed E-state index contributed by atoms with van der Waals surface area (Å²) in [4.78, 5) is 26.6. The lowest BCUT2D eigenvalue weighted by molar-refractivity contribution is -0.113. The Bertz CT molecular complexity index is 909. The summed E-state index contributed by atoms with van der Waals surface area (Å²) in [5, 5.41) is 11.6. The van der Waals surface area contributed by atoms with E-state index in [0.29, 0.717) is 28.3 Å². The number of nitrogens with one attached hydrogen (secondary N) is 2. The molecule has 3 aromatic rings. The van der Waals surface area contributed by atoms with Crippen LogP contribution in [0.5, 0.6) is 5.75 Å². The smallest absolute Gasteiger partial charge is 0.234 e. The highest BCUT2D eigenvalue weighted by Crippen LogP contribution is 2.26. The molecular formula is C13H10F2N6O2S. The van der Waals surface area contributed by atoms with Crippen molar-refractivity contribution in [2.75, 3.05) is 16.8 Å². The van der Waals surface area contributed by atoms with Gasteiger partial charge in [-0.3, -0.25) is 4.79 Å². The van der Waals surface area contributed by atoms with Crippen molar-refractivity contribution in [1.29, 1.82) is 0 Å². The first-order valence-electron chi connectivity index (χ1n) is 6.51. The Morgan fingerprint density at radius 2 is 2.04 bits per heavy atom. The van der Waals surface area contributed by atoms with E-state index in [0.717, 1.165) is 11.8 Å². The number of anilines is 2. The molecule has 2 aromatic heterocycles. The Kier molecular flexibility index (Phi) is 4.16. The number of aromatic nitrogens is 4. The second-order valence-corrected chi connectivity index (χ2v) is 5.57. The molecule has 11 heteroatoms. The first-order chi connectivity index (χ1) is 11.4. The Labute approximate surface area is 137 Å². The number of rotatable bonds is 4. The van der Waals surface area contributed by atoms with Crippen LogP contribution in [0.25, 0.3) is 11.2 Å². The van der Waals surface area contributed by atoms with Gasteiger partial charge in [-0.1, -0.05) is 11.8 Å². The molecule has 0 fully saturated rings. The number of hydrogen-bond donors (Lipinski definition) is 4. The molecule has 0 spiro atoms. The van der Waals surface area contributed by atoms with Crippen LogP contribution >= 0.6 is 11.8 Å². The number of thioether (sulfide) groups is 1. The largest absolute Gasteiger partial charge is 0.508 e. The minimum Gasteiger partial charge on any atom is -0.508 e. The second-order valence-electron chi connectivity index (χ2n) is 4.61. The first-order valence-corrected chi connectivity index (χ1v) is 7.50. The molecule has 1 aromatic carbocycles. The van der Waals surface area contributed by atoms with E-state index in [9.17, 15) is 13.6 Å². The van der Waals surface area contributed by atoms with Crippen LogP contribution in [0.1, 0.15) is 0 Å². The van der Waals surface area contributed by atoms with Gasteiger partial charge in [-0.05, 0) is 0 Å². The van der Waals surface area contributed by atoms with Crippen LogP contribution in [0, 0.1) is 11.6 Å². The number of carbonyl (C=O) groups is 1. The molecule has 0 saturated heterocycles. The van der Waals surface area contributed by atoms with Crippen molar-refractivity contribution in [2.24, 2.45) is 0 Å². The van der Waals surface area contributed by atoms with E-state index in [4.69, 9.17) is 10.8 Å². The Morgan fingerprint density at radius 3 is 2.75 bits per heavy atom. The van der Waals surface area contributed by atoms with Crippen LogP contribution in [0.15, 0.2) is 23.5 Å².